The standard InChI is InChI=1S/C19H40O2/c1-3-18(20)16-14-12-10-8-6-5-7-9-11-13-15-17-19(21)4-2/h18-21H,3-17H2,1-2H3. The molecule has 0 saturated heterocycles. The van der Waals surface area contributed by atoms with Gasteiger partial charge in [0.25, 0.3) is 0 Å². The van der Waals surface area contributed by atoms with Crippen molar-refractivity contribution >= 4 is 0 Å². The van der Waals surface area contributed by atoms with Crippen molar-refractivity contribution in [2.45, 2.75) is 122 Å². The lowest BCUT2D eigenvalue weighted by Gasteiger charge is -2.07. The molecule has 0 aromatic rings. The third-order valence-corrected chi connectivity index (χ3v) is 4.52. The lowest BCUT2D eigenvalue weighted by Crippen LogP contribution is -2.03. The average molecular weight is 301 g/mol. The minimum absolute atomic E-state index is 0.0663. The lowest BCUT2D eigenvalue weighted by atomic mass is 10.0. The Morgan fingerprint density at radius 2 is 0.714 bits per heavy atom. The van der Waals surface area contributed by atoms with Crippen molar-refractivity contribution in [3.63, 3.8) is 0 Å². The van der Waals surface area contributed by atoms with Gasteiger partial charge in [0.2, 0.25) is 0 Å². The predicted molar refractivity (Wildman–Crippen MR) is 92.6 cm³/mol. The van der Waals surface area contributed by atoms with Crippen molar-refractivity contribution in [1.82, 2.24) is 0 Å². The fourth-order valence-corrected chi connectivity index (χ4v) is 2.76. The van der Waals surface area contributed by atoms with Crippen LogP contribution < -0.4 is 0 Å². The fraction of sp³-hybridized carbons (Fsp3) is 1.00. The van der Waals surface area contributed by atoms with Gasteiger partial charge in [0.1, 0.15) is 0 Å². The Labute approximate surface area is 133 Å². The molecule has 0 aliphatic rings. The van der Waals surface area contributed by atoms with E-state index in [-0.39, 0.29) is 12.2 Å². The Bertz CT molecular complexity index is 174. The van der Waals surface area contributed by atoms with Gasteiger partial charge in [0, 0.05) is 0 Å². The third kappa shape index (κ3) is 16.1. The summed E-state index contributed by atoms with van der Waals surface area (Å²) in [5.41, 5.74) is 0. The van der Waals surface area contributed by atoms with Crippen LogP contribution in [0.4, 0.5) is 0 Å². The van der Waals surface area contributed by atoms with Crippen molar-refractivity contribution in [2.75, 3.05) is 0 Å². The molecule has 0 radical (unpaired) electrons. The number of hydrogen-bond donors (Lipinski definition) is 2. The van der Waals surface area contributed by atoms with Crippen molar-refractivity contribution in [1.29, 1.82) is 0 Å². The molecule has 0 saturated carbocycles. The second-order valence-corrected chi connectivity index (χ2v) is 6.59. The summed E-state index contributed by atoms with van der Waals surface area (Å²) in [6.07, 6.45) is 18.2. The monoisotopic (exact) mass is 300 g/mol. The van der Waals surface area contributed by atoms with Crippen molar-refractivity contribution in [3.8, 4) is 0 Å². The van der Waals surface area contributed by atoms with E-state index in [9.17, 15) is 10.2 Å². The van der Waals surface area contributed by atoms with E-state index in [1.54, 1.807) is 0 Å². The molecule has 2 N–H and O–H groups in total. The number of aliphatic hydroxyl groups excluding tert-OH is 2. The summed E-state index contributed by atoms with van der Waals surface area (Å²) >= 11 is 0. The largest absolute Gasteiger partial charge is 0.393 e. The minimum atomic E-state index is -0.0663. The normalized spacial score (nSPS) is 14.3. The van der Waals surface area contributed by atoms with Crippen LogP contribution >= 0.6 is 0 Å². The molecule has 0 heterocycles. The molecule has 0 fully saturated rings. The summed E-state index contributed by atoms with van der Waals surface area (Å²) in [5, 5.41) is 18.9. The van der Waals surface area contributed by atoms with Crippen molar-refractivity contribution < 1.29 is 10.2 Å². The van der Waals surface area contributed by atoms with E-state index in [4.69, 9.17) is 0 Å². The van der Waals surface area contributed by atoms with Crippen molar-refractivity contribution in [2.24, 2.45) is 0 Å². The molecule has 0 aromatic heterocycles. The highest BCUT2D eigenvalue weighted by Crippen LogP contribution is 2.14. The van der Waals surface area contributed by atoms with Crippen LogP contribution in [-0.2, 0) is 0 Å². The highest BCUT2D eigenvalue weighted by molar-refractivity contribution is 4.55. The molecule has 2 atom stereocenters. The van der Waals surface area contributed by atoms with E-state index >= 15 is 0 Å². The van der Waals surface area contributed by atoms with Gasteiger partial charge in [-0.3, -0.25) is 0 Å². The second-order valence-electron chi connectivity index (χ2n) is 6.59. The van der Waals surface area contributed by atoms with Crippen LogP contribution in [0.1, 0.15) is 110 Å². The zero-order valence-corrected chi connectivity index (χ0v) is 14.7. The molecule has 0 rings (SSSR count). The van der Waals surface area contributed by atoms with Gasteiger partial charge in [0.15, 0.2) is 0 Å². The highest BCUT2D eigenvalue weighted by Gasteiger charge is 2.00. The maximum absolute atomic E-state index is 9.45. The molecule has 0 aliphatic heterocycles. The molecular weight excluding hydrogens is 260 g/mol. The molecule has 2 unspecified atom stereocenters. The fourth-order valence-electron chi connectivity index (χ4n) is 2.76. The van der Waals surface area contributed by atoms with Crippen LogP contribution in [0.15, 0.2) is 0 Å². The van der Waals surface area contributed by atoms with Gasteiger partial charge in [-0.25, -0.2) is 0 Å². The van der Waals surface area contributed by atoms with Crippen molar-refractivity contribution in [3.05, 3.63) is 0 Å². The van der Waals surface area contributed by atoms with Crippen LogP contribution in [0.25, 0.3) is 0 Å². The SMILES string of the molecule is CCC(O)CCCCCCCCCCCCCC(O)CC. The topological polar surface area (TPSA) is 40.5 Å². The van der Waals surface area contributed by atoms with Gasteiger partial charge < -0.3 is 10.2 Å². The van der Waals surface area contributed by atoms with E-state index in [1.165, 1.54) is 70.6 Å². The number of rotatable bonds is 16. The molecule has 0 aliphatic carbocycles. The Kier molecular flexibility index (Phi) is 16.2. The average Bonchev–Trinajstić information content (AvgIpc) is 2.51. The van der Waals surface area contributed by atoms with Gasteiger partial charge in [-0.1, -0.05) is 84.5 Å². The van der Waals surface area contributed by atoms with Gasteiger partial charge in [-0.05, 0) is 25.7 Å². The third-order valence-electron chi connectivity index (χ3n) is 4.52. The zero-order valence-electron chi connectivity index (χ0n) is 14.7. The molecule has 0 spiro atoms. The molecular formula is C19H40O2. The Balaban J connectivity index is 3.03. The predicted octanol–water partition coefficient (Wildman–Crippen LogP) is 5.60. The summed E-state index contributed by atoms with van der Waals surface area (Å²) in [7, 11) is 0. The number of unbranched alkanes of at least 4 members (excludes halogenated alkanes) is 10. The summed E-state index contributed by atoms with van der Waals surface area (Å²) in [4.78, 5) is 0. The molecule has 0 aromatic carbocycles. The number of hydrogen-bond acceptors (Lipinski definition) is 2. The molecule has 21 heavy (non-hydrogen) atoms. The Morgan fingerprint density at radius 3 is 0.952 bits per heavy atom. The quantitative estimate of drug-likeness (QED) is 0.364. The molecule has 2 nitrogen and oxygen atoms in total. The van der Waals surface area contributed by atoms with Gasteiger partial charge in [-0.2, -0.15) is 0 Å². The maximum Gasteiger partial charge on any atom is 0.0537 e. The summed E-state index contributed by atoms with van der Waals surface area (Å²) in [6, 6.07) is 0. The first-order valence-electron chi connectivity index (χ1n) is 9.56. The van der Waals surface area contributed by atoms with Gasteiger partial charge in [-0.15, -0.1) is 0 Å². The maximum atomic E-state index is 9.45. The summed E-state index contributed by atoms with van der Waals surface area (Å²) in [5.74, 6) is 0. The van der Waals surface area contributed by atoms with Gasteiger partial charge in [0.05, 0.1) is 12.2 Å². The van der Waals surface area contributed by atoms with E-state index < -0.39 is 0 Å². The first-order valence-corrected chi connectivity index (χ1v) is 9.56. The Hall–Kier alpha value is -0.0800. The smallest absolute Gasteiger partial charge is 0.0537 e. The van der Waals surface area contributed by atoms with E-state index in [2.05, 4.69) is 13.8 Å². The van der Waals surface area contributed by atoms with Gasteiger partial charge >= 0.3 is 0 Å². The minimum Gasteiger partial charge on any atom is -0.393 e. The molecule has 2 heteroatoms. The lowest BCUT2D eigenvalue weighted by molar-refractivity contribution is 0.156. The van der Waals surface area contributed by atoms with Crippen LogP contribution in [0.2, 0.25) is 0 Å². The highest BCUT2D eigenvalue weighted by atomic mass is 16.3. The van der Waals surface area contributed by atoms with E-state index in [1.807, 2.05) is 0 Å². The summed E-state index contributed by atoms with van der Waals surface area (Å²) < 4.78 is 0. The molecule has 0 amide bonds. The molecule has 128 valence electrons. The zero-order chi connectivity index (χ0) is 15.8. The first kappa shape index (κ1) is 20.9. The van der Waals surface area contributed by atoms with Crippen LogP contribution in [0, 0.1) is 0 Å². The van der Waals surface area contributed by atoms with E-state index in [0.717, 1.165) is 25.7 Å². The van der Waals surface area contributed by atoms with E-state index in [0.29, 0.717) is 0 Å². The van der Waals surface area contributed by atoms with Crippen LogP contribution in [0.5, 0.6) is 0 Å². The first-order chi connectivity index (χ1) is 10.2. The molecule has 0 bridgehead atoms. The number of aliphatic hydroxyl groups is 2. The Morgan fingerprint density at radius 1 is 0.476 bits per heavy atom. The van der Waals surface area contributed by atoms with Crippen LogP contribution in [-0.4, -0.2) is 22.4 Å². The van der Waals surface area contributed by atoms with Crippen LogP contribution in [0.3, 0.4) is 0 Å². The summed E-state index contributed by atoms with van der Waals surface area (Å²) in [6.45, 7) is 4.10. The second kappa shape index (κ2) is 16.3.